The molecular weight excluding hydrogens is 188 g/mol. The fourth-order valence-electron chi connectivity index (χ4n) is 1.12. The van der Waals surface area contributed by atoms with Crippen molar-refractivity contribution in [2.75, 3.05) is 27.2 Å². The second-order valence-electron chi connectivity index (χ2n) is 4.92. The second-order valence-corrected chi connectivity index (χ2v) is 4.92. The van der Waals surface area contributed by atoms with Crippen LogP contribution in [-0.4, -0.2) is 43.6 Å². The lowest BCUT2D eigenvalue weighted by Crippen LogP contribution is -2.43. The molecule has 88 valence electrons. The SMILES string of the molecule is C=C(C)C(=O)NC(C)CC[N+](C)(C)CC. The van der Waals surface area contributed by atoms with E-state index in [1.807, 2.05) is 6.92 Å². The van der Waals surface area contributed by atoms with E-state index in [0.717, 1.165) is 24.0 Å². The maximum atomic E-state index is 11.3. The van der Waals surface area contributed by atoms with Crippen molar-refractivity contribution in [2.45, 2.75) is 33.2 Å². The average molecular weight is 213 g/mol. The minimum atomic E-state index is -0.0377. The number of carbonyl (C=O) groups excluding carboxylic acids is 1. The Morgan fingerprint density at radius 2 is 2.00 bits per heavy atom. The molecule has 0 fully saturated rings. The summed E-state index contributed by atoms with van der Waals surface area (Å²) in [6, 6.07) is 0.221. The molecule has 1 amide bonds. The largest absolute Gasteiger partial charge is 0.350 e. The number of hydrogen-bond donors (Lipinski definition) is 1. The summed E-state index contributed by atoms with van der Waals surface area (Å²) < 4.78 is 0.993. The first-order valence-corrected chi connectivity index (χ1v) is 5.57. The third-order valence-corrected chi connectivity index (χ3v) is 2.79. The van der Waals surface area contributed by atoms with Gasteiger partial charge in [0.2, 0.25) is 5.91 Å². The molecule has 3 nitrogen and oxygen atoms in total. The van der Waals surface area contributed by atoms with Crippen LogP contribution in [0.15, 0.2) is 12.2 Å². The lowest BCUT2D eigenvalue weighted by molar-refractivity contribution is -0.888. The van der Waals surface area contributed by atoms with E-state index >= 15 is 0 Å². The van der Waals surface area contributed by atoms with E-state index in [9.17, 15) is 4.79 Å². The summed E-state index contributed by atoms with van der Waals surface area (Å²) in [5.74, 6) is -0.0377. The predicted octanol–water partition coefficient (Wildman–Crippen LogP) is 1.55. The van der Waals surface area contributed by atoms with Crippen LogP contribution in [0, 0.1) is 0 Å². The summed E-state index contributed by atoms with van der Waals surface area (Å²) in [7, 11) is 4.40. The Balaban J connectivity index is 3.90. The van der Waals surface area contributed by atoms with Gasteiger partial charge in [-0.1, -0.05) is 6.58 Å². The Labute approximate surface area is 93.7 Å². The monoisotopic (exact) mass is 213 g/mol. The maximum Gasteiger partial charge on any atom is 0.246 e. The van der Waals surface area contributed by atoms with Gasteiger partial charge in [0.25, 0.3) is 0 Å². The van der Waals surface area contributed by atoms with Gasteiger partial charge in [0, 0.05) is 18.0 Å². The first kappa shape index (κ1) is 14.2. The molecule has 0 saturated carbocycles. The number of rotatable bonds is 6. The van der Waals surface area contributed by atoms with Crippen molar-refractivity contribution < 1.29 is 9.28 Å². The zero-order valence-corrected chi connectivity index (χ0v) is 10.8. The standard InChI is InChI=1S/C12H24N2O/c1-7-14(5,6)9-8-11(4)13-12(15)10(2)3/h11H,2,7-9H2,1,3-6H3/p+1. The predicted molar refractivity (Wildman–Crippen MR) is 64.6 cm³/mol. The van der Waals surface area contributed by atoms with E-state index in [1.165, 1.54) is 0 Å². The van der Waals surface area contributed by atoms with E-state index in [4.69, 9.17) is 0 Å². The number of nitrogens with zero attached hydrogens (tertiary/aromatic N) is 1. The summed E-state index contributed by atoms with van der Waals surface area (Å²) in [4.78, 5) is 11.3. The molecular formula is C12H25N2O+. The molecule has 15 heavy (non-hydrogen) atoms. The van der Waals surface area contributed by atoms with Crippen molar-refractivity contribution >= 4 is 5.91 Å². The van der Waals surface area contributed by atoms with Crippen LogP contribution in [0.25, 0.3) is 0 Å². The van der Waals surface area contributed by atoms with Crippen LogP contribution < -0.4 is 5.32 Å². The van der Waals surface area contributed by atoms with Crippen molar-refractivity contribution in [2.24, 2.45) is 0 Å². The molecule has 0 aliphatic heterocycles. The Morgan fingerprint density at radius 1 is 1.47 bits per heavy atom. The van der Waals surface area contributed by atoms with Gasteiger partial charge in [0.15, 0.2) is 0 Å². The molecule has 0 heterocycles. The number of hydrogen-bond acceptors (Lipinski definition) is 1. The fourth-order valence-corrected chi connectivity index (χ4v) is 1.12. The van der Waals surface area contributed by atoms with Gasteiger partial charge in [-0.15, -0.1) is 0 Å². The van der Waals surface area contributed by atoms with Gasteiger partial charge in [0.1, 0.15) is 0 Å². The topological polar surface area (TPSA) is 29.1 Å². The number of carbonyl (C=O) groups is 1. The third kappa shape index (κ3) is 6.28. The highest BCUT2D eigenvalue weighted by Crippen LogP contribution is 2.02. The van der Waals surface area contributed by atoms with Crippen LogP contribution in [0.3, 0.4) is 0 Å². The van der Waals surface area contributed by atoms with Crippen molar-refractivity contribution in [1.82, 2.24) is 5.32 Å². The first-order chi connectivity index (χ1) is 6.78. The number of nitrogens with one attached hydrogen (secondary N) is 1. The maximum absolute atomic E-state index is 11.3. The van der Waals surface area contributed by atoms with Crippen LogP contribution >= 0.6 is 0 Å². The van der Waals surface area contributed by atoms with Crippen molar-refractivity contribution in [3.05, 3.63) is 12.2 Å². The molecule has 0 rings (SSSR count). The van der Waals surface area contributed by atoms with E-state index < -0.39 is 0 Å². The number of quaternary nitrogens is 1. The van der Waals surface area contributed by atoms with E-state index in [-0.39, 0.29) is 11.9 Å². The highest BCUT2D eigenvalue weighted by Gasteiger charge is 2.15. The molecule has 1 atom stereocenters. The summed E-state index contributed by atoms with van der Waals surface area (Å²) in [6.07, 6.45) is 1.000. The minimum absolute atomic E-state index is 0.0377. The quantitative estimate of drug-likeness (QED) is 0.526. The Morgan fingerprint density at radius 3 is 2.40 bits per heavy atom. The van der Waals surface area contributed by atoms with Crippen molar-refractivity contribution in [3.8, 4) is 0 Å². The van der Waals surface area contributed by atoms with Crippen LogP contribution in [0.5, 0.6) is 0 Å². The van der Waals surface area contributed by atoms with Crippen molar-refractivity contribution in [1.29, 1.82) is 0 Å². The molecule has 1 N–H and O–H groups in total. The highest BCUT2D eigenvalue weighted by molar-refractivity contribution is 5.92. The molecule has 0 aliphatic rings. The molecule has 0 saturated heterocycles. The fraction of sp³-hybridized carbons (Fsp3) is 0.750. The average Bonchev–Trinajstić information content (AvgIpc) is 2.15. The van der Waals surface area contributed by atoms with Gasteiger partial charge >= 0.3 is 0 Å². The Hall–Kier alpha value is -0.830. The van der Waals surface area contributed by atoms with Crippen LogP contribution in [-0.2, 0) is 4.79 Å². The molecule has 0 bridgehead atoms. The molecule has 0 aromatic heterocycles. The van der Waals surface area contributed by atoms with Gasteiger partial charge < -0.3 is 9.80 Å². The van der Waals surface area contributed by atoms with E-state index in [2.05, 4.69) is 32.9 Å². The normalized spacial score (nSPS) is 13.4. The van der Waals surface area contributed by atoms with Gasteiger partial charge in [-0.3, -0.25) is 4.79 Å². The lowest BCUT2D eigenvalue weighted by Gasteiger charge is -2.29. The van der Waals surface area contributed by atoms with Crippen LogP contribution in [0.1, 0.15) is 27.2 Å². The third-order valence-electron chi connectivity index (χ3n) is 2.79. The summed E-state index contributed by atoms with van der Waals surface area (Å²) in [5.41, 5.74) is 0.575. The molecule has 3 heteroatoms. The summed E-state index contributed by atoms with van der Waals surface area (Å²) >= 11 is 0. The zero-order valence-electron chi connectivity index (χ0n) is 10.8. The van der Waals surface area contributed by atoms with E-state index in [0.29, 0.717) is 5.57 Å². The van der Waals surface area contributed by atoms with Crippen LogP contribution in [0.2, 0.25) is 0 Å². The molecule has 0 spiro atoms. The Bertz CT molecular complexity index is 234. The number of amides is 1. The Kier molecular flexibility index (Phi) is 5.58. The molecule has 1 unspecified atom stereocenters. The minimum Gasteiger partial charge on any atom is -0.350 e. The summed E-state index contributed by atoms with van der Waals surface area (Å²) in [5, 5.41) is 2.93. The molecule has 0 aromatic rings. The summed E-state index contributed by atoms with van der Waals surface area (Å²) in [6.45, 7) is 11.8. The first-order valence-electron chi connectivity index (χ1n) is 5.57. The molecule has 0 aliphatic carbocycles. The lowest BCUT2D eigenvalue weighted by atomic mass is 10.2. The van der Waals surface area contributed by atoms with Crippen molar-refractivity contribution in [3.63, 3.8) is 0 Å². The molecule has 0 aromatic carbocycles. The van der Waals surface area contributed by atoms with E-state index in [1.54, 1.807) is 6.92 Å². The van der Waals surface area contributed by atoms with Gasteiger partial charge in [-0.25, -0.2) is 0 Å². The van der Waals surface area contributed by atoms with Crippen LogP contribution in [0.4, 0.5) is 0 Å². The molecule has 0 radical (unpaired) electrons. The van der Waals surface area contributed by atoms with Gasteiger partial charge in [-0.2, -0.15) is 0 Å². The second kappa shape index (κ2) is 5.91. The van der Waals surface area contributed by atoms with Gasteiger partial charge in [-0.05, 0) is 20.8 Å². The highest BCUT2D eigenvalue weighted by atomic mass is 16.1. The van der Waals surface area contributed by atoms with Gasteiger partial charge in [0.05, 0.1) is 27.2 Å². The zero-order chi connectivity index (χ0) is 12.1. The smallest absolute Gasteiger partial charge is 0.246 e.